The summed E-state index contributed by atoms with van der Waals surface area (Å²) in [5, 5.41) is 153. The van der Waals surface area contributed by atoms with Gasteiger partial charge in [-0.25, -0.2) is 4.79 Å². The standard InChI is InChI=1S/C53H86O23/c1-21-29(57)32(60)37(65)45(70-21)74-39-33(61)31(59)25(18-54)71-46(39)75-40-35(63)34(62)38(43(67)68)73-47(40)72-28-12-13-50(5)26(51(28,6)20-55)11-14-53(8)27(50)10-9-22-23-17-48(2,3)42(41(66)49(23,4)15-16-52(22,53)7)76-44-36(64)30(58)24(56)19-69-44/h9,21,23-42,44-47,54-66H,10-20H2,1-8H3,(H,67,68)/t21-,23-,24+,25+,26?,27?,28-,29-,30-,31-,32+,33-,34-,35-,36+,37+,38-,39+,40+,41+,42-,44-,45-,46-,47+,49+,50-,51+,52+,53+/m0/s1. The molecular weight excluding hydrogens is 1000 g/mol. The molecule has 9 rings (SSSR count). The Hall–Kier alpha value is -1.63. The van der Waals surface area contributed by atoms with Crippen LogP contribution in [0, 0.1) is 50.2 Å². The Bertz CT molecular complexity index is 2120. The third-order valence-corrected chi connectivity index (χ3v) is 21.4. The molecule has 0 aromatic rings. The molecule has 14 N–H and O–H groups in total. The van der Waals surface area contributed by atoms with Gasteiger partial charge in [-0.2, -0.15) is 0 Å². The van der Waals surface area contributed by atoms with E-state index >= 15 is 0 Å². The first-order valence-electron chi connectivity index (χ1n) is 27.3. The van der Waals surface area contributed by atoms with Gasteiger partial charge in [-0.15, -0.1) is 0 Å². The van der Waals surface area contributed by atoms with Crippen molar-refractivity contribution in [2.45, 2.75) is 242 Å². The molecule has 0 aromatic carbocycles. The van der Waals surface area contributed by atoms with Crippen LogP contribution in [0.15, 0.2) is 11.6 Å². The Labute approximate surface area is 442 Å². The number of aliphatic carboxylic acids is 1. The maximum Gasteiger partial charge on any atom is 0.335 e. The second-order valence-corrected chi connectivity index (χ2v) is 26.0. The van der Waals surface area contributed by atoms with Crippen LogP contribution in [-0.2, 0) is 42.7 Å². The van der Waals surface area contributed by atoms with Gasteiger partial charge in [0.1, 0.15) is 79.4 Å². The molecule has 0 spiro atoms. The van der Waals surface area contributed by atoms with Gasteiger partial charge in [0.25, 0.3) is 0 Å². The Morgan fingerprint density at radius 2 is 1.26 bits per heavy atom. The van der Waals surface area contributed by atoms with Crippen LogP contribution in [-0.4, -0.2) is 232 Å². The molecule has 30 atom stereocenters. The number of rotatable bonds is 11. The van der Waals surface area contributed by atoms with Crippen molar-refractivity contribution in [3.05, 3.63) is 11.6 Å². The van der Waals surface area contributed by atoms with Crippen molar-refractivity contribution in [3.63, 3.8) is 0 Å². The largest absolute Gasteiger partial charge is 0.479 e. The van der Waals surface area contributed by atoms with Gasteiger partial charge in [0.05, 0.1) is 44.2 Å². The van der Waals surface area contributed by atoms with Crippen molar-refractivity contribution in [3.8, 4) is 0 Å². The van der Waals surface area contributed by atoms with Gasteiger partial charge in [0.15, 0.2) is 31.3 Å². The van der Waals surface area contributed by atoms with E-state index in [1.165, 1.54) is 12.5 Å². The molecule has 4 saturated heterocycles. The fourth-order valence-corrected chi connectivity index (χ4v) is 16.4. The van der Waals surface area contributed by atoms with E-state index in [2.05, 4.69) is 33.8 Å². The molecule has 9 aliphatic rings. The van der Waals surface area contributed by atoms with Crippen LogP contribution in [0.2, 0.25) is 0 Å². The first-order chi connectivity index (χ1) is 35.4. The molecule has 4 saturated carbocycles. The van der Waals surface area contributed by atoms with E-state index in [4.69, 9.17) is 37.9 Å². The smallest absolute Gasteiger partial charge is 0.335 e. The maximum atomic E-state index is 12.6. The van der Waals surface area contributed by atoms with E-state index in [0.717, 1.165) is 19.3 Å². The van der Waals surface area contributed by atoms with E-state index in [-0.39, 0.29) is 47.2 Å². The van der Waals surface area contributed by atoms with Gasteiger partial charge in [-0.3, -0.25) is 0 Å². The van der Waals surface area contributed by atoms with Crippen molar-refractivity contribution in [2.75, 3.05) is 19.8 Å². The van der Waals surface area contributed by atoms with E-state index in [1.807, 2.05) is 20.8 Å². The van der Waals surface area contributed by atoms with Crippen LogP contribution < -0.4 is 0 Å². The van der Waals surface area contributed by atoms with E-state index < -0.39 is 164 Å². The molecule has 4 heterocycles. The fraction of sp³-hybridized carbons (Fsp3) is 0.943. The lowest BCUT2D eigenvalue weighted by molar-refractivity contribution is -0.396. The van der Waals surface area contributed by atoms with E-state index in [1.54, 1.807) is 0 Å². The summed E-state index contributed by atoms with van der Waals surface area (Å²) in [6.45, 7) is 15.1. The topological polar surface area (TPSA) is 374 Å². The zero-order valence-electron chi connectivity index (χ0n) is 44.7. The number of fused-ring (bicyclic) bond motifs is 7. The lowest BCUT2D eigenvalue weighted by Gasteiger charge is -2.72. The van der Waals surface area contributed by atoms with Crippen molar-refractivity contribution < 1.29 is 114 Å². The van der Waals surface area contributed by atoms with Crippen molar-refractivity contribution in [2.24, 2.45) is 50.2 Å². The molecule has 2 unspecified atom stereocenters. The number of hydrogen-bond acceptors (Lipinski definition) is 22. The summed E-state index contributed by atoms with van der Waals surface area (Å²) in [7, 11) is 0. The Morgan fingerprint density at radius 3 is 1.91 bits per heavy atom. The second-order valence-electron chi connectivity index (χ2n) is 26.0. The molecule has 0 amide bonds. The number of ether oxygens (including phenoxy) is 8. The Morgan fingerprint density at radius 1 is 0.632 bits per heavy atom. The summed E-state index contributed by atoms with van der Waals surface area (Å²) in [4.78, 5) is 12.6. The number of carboxylic acid groups (broad SMARTS) is 1. The summed E-state index contributed by atoms with van der Waals surface area (Å²) in [5.74, 6) is -1.71. The number of carbonyl (C=O) groups is 1. The average Bonchev–Trinajstić information content (AvgIpc) is 3.37. The lowest BCUT2D eigenvalue weighted by atomic mass is 9.33. The highest BCUT2D eigenvalue weighted by Crippen LogP contribution is 2.76. The summed E-state index contributed by atoms with van der Waals surface area (Å²) in [6, 6.07) is 0. The predicted molar refractivity (Wildman–Crippen MR) is 259 cm³/mol. The van der Waals surface area contributed by atoms with Crippen molar-refractivity contribution >= 4 is 5.97 Å². The number of allylic oxidation sites excluding steroid dienone is 2. The minimum Gasteiger partial charge on any atom is -0.479 e. The summed E-state index contributed by atoms with van der Waals surface area (Å²) < 4.78 is 48.3. The molecule has 8 fully saturated rings. The summed E-state index contributed by atoms with van der Waals surface area (Å²) >= 11 is 0. The predicted octanol–water partition coefficient (Wildman–Crippen LogP) is -1.86. The van der Waals surface area contributed by atoms with Gasteiger partial charge < -0.3 is 109 Å². The average molecular weight is 1090 g/mol. The Kier molecular flexibility index (Phi) is 16.3. The first-order valence-corrected chi connectivity index (χ1v) is 27.3. The molecule has 5 aliphatic carbocycles. The molecule has 4 aliphatic heterocycles. The molecule has 436 valence electrons. The first kappa shape index (κ1) is 59.0. The molecule has 23 nitrogen and oxygen atoms in total. The van der Waals surface area contributed by atoms with E-state index in [9.17, 15) is 76.3 Å². The normalized spacial score (nSPS) is 56.3. The zero-order valence-corrected chi connectivity index (χ0v) is 44.7. The number of aliphatic hydroxyl groups is 13. The monoisotopic (exact) mass is 1090 g/mol. The summed E-state index contributed by atoms with van der Waals surface area (Å²) in [6.07, 6.45) is -27.3. The Balaban J connectivity index is 0.969. The molecule has 23 heteroatoms. The second kappa shape index (κ2) is 21.0. The minimum atomic E-state index is -2.11. The maximum absolute atomic E-state index is 12.6. The van der Waals surface area contributed by atoms with Crippen molar-refractivity contribution in [1.29, 1.82) is 0 Å². The fourth-order valence-electron chi connectivity index (χ4n) is 16.4. The quantitative estimate of drug-likeness (QED) is 0.0797. The van der Waals surface area contributed by atoms with E-state index in [0.29, 0.717) is 32.1 Å². The molecular formula is C53H86O23. The molecule has 76 heavy (non-hydrogen) atoms. The van der Waals surface area contributed by atoms with Gasteiger partial charge in [0, 0.05) is 10.8 Å². The summed E-state index contributed by atoms with van der Waals surface area (Å²) in [5.41, 5.74) is -1.84. The van der Waals surface area contributed by atoms with Crippen LogP contribution in [0.5, 0.6) is 0 Å². The highest BCUT2D eigenvalue weighted by atomic mass is 16.8. The third kappa shape index (κ3) is 9.18. The number of aliphatic hydroxyl groups excluding tert-OH is 13. The highest BCUT2D eigenvalue weighted by Gasteiger charge is 2.71. The van der Waals surface area contributed by atoms with Crippen LogP contribution >= 0.6 is 0 Å². The number of hydrogen-bond donors (Lipinski definition) is 14. The van der Waals surface area contributed by atoms with Crippen molar-refractivity contribution in [1.82, 2.24) is 0 Å². The number of carboxylic acids is 1. The minimum absolute atomic E-state index is 0.0217. The van der Waals surface area contributed by atoms with Crippen LogP contribution in [0.4, 0.5) is 0 Å². The zero-order chi connectivity index (χ0) is 55.7. The van der Waals surface area contributed by atoms with Gasteiger partial charge in [-0.1, -0.05) is 60.1 Å². The van der Waals surface area contributed by atoms with Crippen LogP contribution in [0.25, 0.3) is 0 Å². The van der Waals surface area contributed by atoms with Gasteiger partial charge in [-0.05, 0) is 97.7 Å². The van der Waals surface area contributed by atoms with Gasteiger partial charge >= 0.3 is 5.97 Å². The van der Waals surface area contributed by atoms with Crippen LogP contribution in [0.1, 0.15) is 107 Å². The van der Waals surface area contributed by atoms with Gasteiger partial charge in [0.2, 0.25) is 0 Å². The highest BCUT2D eigenvalue weighted by molar-refractivity contribution is 5.73. The SMILES string of the molecule is C[C@@H]1O[C@@H](O[C@H]2[C@H](O[C@H]3[C@H](O[C@H]4CC[C@@]5(C)C(CC[C@]6(C)C5CC=C5[C@@H]7CC(C)(C)[C@@H](O[C@@H]8OC[C@@H](O)[C@H](O)[C@H]8O)[C@@H](O)[C@]7(C)CC[C@]56C)[C@@]4(C)CO)O[C@H](C(=O)O)[C@@H](O)[C@@H]3O)O[C@H](CO)[C@H](O)[C@@H]2O)[C@H](O)[C@H](O)[C@H]1O. The molecule has 0 bridgehead atoms. The lowest BCUT2D eigenvalue weighted by Crippen LogP contribution is -2.69. The van der Waals surface area contributed by atoms with Crippen LogP contribution in [0.3, 0.4) is 0 Å². The third-order valence-electron chi connectivity index (χ3n) is 21.4. The molecule has 0 aromatic heterocycles. The molecule has 0 radical (unpaired) electrons.